The minimum atomic E-state index is -1.39. The largest absolute Gasteiger partial charge is 0.460 e. The van der Waals surface area contributed by atoms with Crippen LogP contribution in [0.2, 0.25) is 0 Å². The predicted octanol–water partition coefficient (Wildman–Crippen LogP) is 0.189. The van der Waals surface area contributed by atoms with Gasteiger partial charge in [-0.3, -0.25) is 24.1 Å². The molecule has 12 nitrogen and oxygen atoms in total. The molecule has 0 aromatic heterocycles. The van der Waals surface area contributed by atoms with Crippen LogP contribution in [0.1, 0.15) is 33.1 Å². The summed E-state index contributed by atoms with van der Waals surface area (Å²) < 4.78 is 18.3. The standard InChI is InChI=1S/C29H41BrN4O8/c1-3-19(17-35)34-25-27(38)33(10-9-32-11-13-40-14-12-32)8-6-4-5-7-21(36)31-16-18(2)41-28(39)22-23(26(34)37)29(25)15-20(30)24(22)42-29/h4,6,15,18-19,22-25,35H,3,5,7-14,16-17H2,1-2H3,(H,31,36)/b6-4-/t18-,19+,22+,23-,24+,25+,29-/m1/s1. The number of carbonyl (C=O) groups excluding carboxylic acids is 4. The molecule has 0 radical (unpaired) electrons. The van der Waals surface area contributed by atoms with Crippen molar-refractivity contribution in [3.63, 3.8) is 0 Å². The molecule has 2 N–H and O–H groups in total. The van der Waals surface area contributed by atoms with E-state index in [1.54, 1.807) is 17.9 Å². The molecule has 0 aliphatic carbocycles. The molecule has 7 atom stereocenters. The number of rotatable bonds is 6. The van der Waals surface area contributed by atoms with Crippen molar-refractivity contribution in [2.75, 3.05) is 59.1 Å². The molecule has 5 heterocycles. The van der Waals surface area contributed by atoms with Gasteiger partial charge in [0.2, 0.25) is 17.7 Å². The van der Waals surface area contributed by atoms with Gasteiger partial charge in [-0.05, 0) is 25.8 Å². The van der Waals surface area contributed by atoms with Gasteiger partial charge in [-0.2, -0.15) is 0 Å². The summed E-state index contributed by atoms with van der Waals surface area (Å²) in [6.07, 6.45) is 5.27. The number of nitrogens with one attached hydrogen (secondary N) is 1. The van der Waals surface area contributed by atoms with E-state index in [-0.39, 0.29) is 37.9 Å². The molecular formula is C29H41BrN4O8. The van der Waals surface area contributed by atoms with Gasteiger partial charge in [0.15, 0.2) is 0 Å². The first-order valence-corrected chi connectivity index (χ1v) is 15.7. The van der Waals surface area contributed by atoms with Crippen LogP contribution in [0.5, 0.6) is 0 Å². The topological polar surface area (TPSA) is 138 Å². The van der Waals surface area contributed by atoms with Gasteiger partial charge in [-0.15, -0.1) is 0 Å². The van der Waals surface area contributed by atoms with Gasteiger partial charge in [0, 0.05) is 43.6 Å². The molecule has 0 aromatic rings. The maximum atomic E-state index is 14.6. The fourth-order valence-electron chi connectivity index (χ4n) is 6.76. The van der Waals surface area contributed by atoms with Gasteiger partial charge in [0.25, 0.3) is 0 Å². The number of halogens is 1. The second kappa shape index (κ2) is 13.1. The van der Waals surface area contributed by atoms with E-state index in [2.05, 4.69) is 26.1 Å². The Morgan fingerprint density at radius 2 is 1.90 bits per heavy atom. The molecule has 5 bridgehead atoms. The highest BCUT2D eigenvalue weighted by Gasteiger charge is 2.75. The Kier molecular flexibility index (Phi) is 9.73. The predicted molar refractivity (Wildman–Crippen MR) is 154 cm³/mol. The molecule has 3 fully saturated rings. The summed E-state index contributed by atoms with van der Waals surface area (Å²) >= 11 is 3.55. The van der Waals surface area contributed by atoms with Crippen LogP contribution in [-0.2, 0) is 33.4 Å². The lowest BCUT2D eigenvalue weighted by atomic mass is 9.74. The van der Waals surface area contributed by atoms with E-state index >= 15 is 0 Å². The summed E-state index contributed by atoms with van der Waals surface area (Å²) in [6, 6.07) is -1.70. The zero-order valence-corrected chi connectivity index (χ0v) is 25.8. The minimum Gasteiger partial charge on any atom is -0.460 e. The van der Waals surface area contributed by atoms with Crippen molar-refractivity contribution in [3.05, 3.63) is 22.7 Å². The van der Waals surface area contributed by atoms with E-state index in [0.717, 1.165) is 13.1 Å². The number of aliphatic hydroxyl groups is 1. The number of nitrogens with zero attached hydrogens (tertiary/aromatic N) is 3. The number of morpholine rings is 1. The highest BCUT2D eigenvalue weighted by molar-refractivity contribution is 9.11. The van der Waals surface area contributed by atoms with E-state index in [0.29, 0.717) is 43.6 Å². The molecule has 1 spiro atoms. The summed E-state index contributed by atoms with van der Waals surface area (Å²) in [6.45, 7) is 7.42. The lowest BCUT2D eigenvalue weighted by molar-refractivity contribution is -0.159. The average molecular weight is 654 g/mol. The van der Waals surface area contributed by atoms with Crippen molar-refractivity contribution >= 4 is 39.6 Å². The first kappa shape index (κ1) is 31.1. The van der Waals surface area contributed by atoms with Crippen molar-refractivity contribution in [2.45, 2.75) is 63.0 Å². The van der Waals surface area contributed by atoms with Gasteiger partial charge in [-0.1, -0.05) is 35.0 Å². The third kappa shape index (κ3) is 5.78. The Morgan fingerprint density at radius 3 is 2.62 bits per heavy atom. The average Bonchev–Trinajstić information content (AvgIpc) is 3.57. The van der Waals surface area contributed by atoms with Crippen LogP contribution in [-0.4, -0.2) is 132 Å². The number of fused-ring (bicyclic) bond motifs is 2. The highest BCUT2D eigenvalue weighted by atomic mass is 79.9. The number of carbonyl (C=O) groups is 4. The smallest absolute Gasteiger partial charge is 0.313 e. The summed E-state index contributed by atoms with van der Waals surface area (Å²) in [5, 5.41) is 13.1. The Hall–Kier alpha value is -2.32. The number of aliphatic hydroxyl groups excluding tert-OH is 1. The molecule has 3 amide bonds. The Balaban J connectivity index is 1.54. The summed E-state index contributed by atoms with van der Waals surface area (Å²) in [5.41, 5.74) is -1.39. The van der Waals surface area contributed by atoms with Crippen molar-refractivity contribution < 1.29 is 38.5 Å². The van der Waals surface area contributed by atoms with E-state index in [4.69, 9.17) is 14.2 Å². The molecule has 0 unspecified atom stereocenters. The summed E-state index contributed by atoms with van der Waals surface area (Å²) in [7, 11) is 0. The Labute approximate surface area is 254 Å². The zero-order valence-electron chi connectivity index (χ0n) is 24.2. The number of esters is 1. The van der Waals surface area contributed by atoms with Gasteiger partial charge in [-0.25, -0.2) is 0 Å². The second-order valence-corrected chi connectivity index (χ2v) is 12.5. The maximum Gasteiger partial charge on any atom is 0.313 e. The van der Waals surface area contributed by atoms with Crippen molar-refractivity contribution in [1.29, 1.82) is 0 Å². The lowest BCUT2D eigenvalue weighted by Crippen LogP contribution is -2.59. The quantitative estimate of drug-likeness (QED) is 0.304. The van der Waals surface area contributed by atoms with Crippen LogP contribution >= 0.6 is 15.9 Å². The number of amides is 3. The number of hydrogen-bond donors (Lipinski definition) is 2. The molecule has 5 rings (SSSR count). The molecule has 0 saturated carbocycles. The third-order valence-electron chi connectivity index (χ3n) is 8.98. The monoisotopic (exact) mass is 652 g/mol. The molecular weight excluding hydrogens is 612 g/mol. The number of hydrogen-bond acceptors (Lipinski definition) is 9. The van der Waals surface area contributed by atoms with Crippen LogP contribution in [0, 0.1) is 11.8 Å². The van der Waals surface area contributed by atoms with Crippen molar-refractivity contribution in [2.24, 2.45) is 11.8 Å². The van der Waals surface area contributed by atoms with E-state index in [1.807, 2.05) is 19.1 Å². The number of cyclic esters (lactones) is 1. The lowest BCUT2D eigenvalue weighted by Gasteiger charge is -2.39. The van der Waals surface area contributed by atoms with Gasteiger partial charge < -0.3 is 34.4 Å². The maximum absolute atomic E-state index is 14.6. The molecule has 5 aliphatic heterocycles. The molecule has 42 heavy (non-hydrogen) atoms. The Morgan fingerprint density at radius 1 is 1.14 bits per heavy atom. The molecule has 13 heteroatoms. The van der Waals surface area contributed by atoms with Crippen LogP contribution in [0.15, 0.2) is 22.7 Å². The zero-order chi connectivity index (χ0) is 30.0. The second-order valence-electron chi connectivity index (χ2n) is 11.6. The van der Waals surface area contributed by atoms with Crippen LogP contribution in [0.3, 0.4) is 0 Å². The minimum absolute atomic E-state index is 0.137. The molecule has 232 valence electrons. The first-order chi connectivity index (χ1) is 20.2. The van der Waals surface area contributed by atoms with Gasteiger partial charge >= 0.3 is 5.97 Å². The van der Waals surface area contributed by atoms with Crippen molar-refractivity contribution in [3.8, 4) is 0 Å². The normalized spacial score (nSPS) is 36.0. The van der Waals surface area contributed by atoms with E-state index in [1.165, 1.54) is 4.90 Å². The summed E-state index contributed by atoms with van der Waals surface area (Å²) in [5.74, 6) is -3.46. The fourth-order valence-corrected chi connectivity index (χ4v) is 7.50. The highest BCUT2D eigenvalue weighted by Crippen LogP contribution is 2.59. The van der Waals surface area contributed by atoms with Crippen LogP contribution in [0.25, 0.3) is 0 Å². The van der Waals surface area contributed by atoms with Gasteiger partial charge in [0.1, 0.15) is 29.8 Å². The number of likely N-dealkylation sites (tertiary alicyclic amines) is 1. The van der Waals surface area contributed by atoms with Crippen molar-refractivity contribution in [1.82, 2.24) is 20.0 Å². The SMILES string of the molecule is CC[C@@H](CO)N1C(=O)[C@H]2[C@@H]3C(=O)O[C@H](C)CNC(=O)CC/C=C\CN(CCN4CCOCC4)C(=O)[C@H]1[C@@]21C=C(Br)[C@@H]3O1. The first-order valence-electron chi connectivity index (χ1n) is 14.9. The third-order valence-corrected chi connectivity index (χ3v) is 9.66. The van der Waals surface area contributed by atoms with E-state index in [9.17, 15) is 24.3 Å². The van der Waals surface area contributed by atoms with Crippen LogP contribution in [0.4, 0.5) is 0 Å². The van der Waals surface area contributed by atoms with Crippen LogP contribution < -0.4 is 5.32 Å². The fraction of sp³-hybridized carbons (Fsp3) is 0.724. The molecule has 3 saturated heterocycles. The number of ether oxygens (including phenoxy) is 3. The molecule has 0 aromatic carbocycles. The van der Waals surface area contributed by atoms with Gasteiger partial charge in [0.05, 0.1) is 38.3 Å². The summed E-state index contributed by atoms with van der Waals surface area (Å²) in [4.78, 5) is 60.3. The molecule has 5 aliphatic rings. The number of allylic oxidation sites excluding steroid dienone is 1. The Bertz CT molecular complexity index is 1120. The van der Waals surface area contributed by atoms with E-state index < -0.39 is 53.6 Å².